The highest BCUT2D eigenvalue weighted by atomic mass is 16.5. The molecule has 1 aromatic heterocycles. The van der Waals surface area contributed by atoms with Gasteiger partial charge in [0.1, 0.15) is 12.6 Å². The number of pyridine rings is 1. The molecular weight excluding hydrogens is 468 g/mol. The summed E-state index contributed by atoms with van der Waals surface area (Å²) < 4.78 is 11.8. The number of ether oxygens (including phenoxy) is 2. The number of nitrogens with zero attached hydrogens (tertiary/aromatic N) is 3. The van der Waals surface area contributed by atoms with E-state index in [1.807, 2.05) is 0 Å². The highest BCUT2D eigenvalue weighted by Crippen LogP contribution is 2.05. The first-order valence-corrected chi connectivity index (χ1v) is 11.9. The Balaban J connectivity index is 2.43. The number of amides is 4. The van der Waals surface area contributed by atoms with Crippen LogP contribution in [0.25, 0.3) is 0 Å². The van der Waals surface area contributed by atoms with E-state index in [2.05, 4.69) is 36.8 Å². The second-order valence-electron chi connectivity index (χ2n) is 9.43. The number of hydrogen-bond acceptors (Lipinski definition) is 7. The molecule has 1 atom stereocenters. The Morgan fingerprint density at radius 1 is 1.06 bits per heavy atom. The summed E-state index contributed by atoms with van der Waals surface area (Å²) in [5.74, 6) is -1.88. The van der Waals surface area contributed by atoms with Gasteiger partial charge in [0.05, 0.1) is 54.1 Å². The van der Waals surface area contributed by atoms with Crippen LogP contribution >= 0.6 is 0 Å². The Hall–Kier alpha value is -3.09. The van der Waals surface area contributed by atoms with Gasteiger partial charge in [-0.2, -0.15) is 0 Å². The Kier molecular flexibility index (Phi) is 14.2. The van der Waals surface area contributed by atoms with Crippen LogP contribution in [0.1, 0.15) is 18.4 Å². The topological polar surface area (TPSA) is 153 Å². The molecule has 1 unspecified atom stereocenters. The molecule has 0 radical (unpaired) electrons. The van der Waals surface area contributed by atoms with Gasteiger partial charge in [-0.3, -0.25) is 24.2 Å². The molecule has 1 rings (SSSR count). The Morgan fingerprint density at radius 2 is 1.75 bits per heavy atom. The molecule has 0 fully saturated rings. The Morgan fingerprint density at radius 3 is 2.36 bits per heavy atom. The monoisotopic (exact) mass is 509 g/mol. The molecule has 0 aliphatic rings. The lowest BCUT2D eigenvalue weighted by atomic mass is 10.1. The predicted octanol–water partition coefficient (Wildman–Crippen LogP) is -1.31. The van der Waals surface area contributed by atoms with Crippen LogP contribution in [0.3, 0.4) is 0 Å². The molecular formula is C24H41N6O6+. The van der Waals surface area contributed by atoms with Crippen molar-refractivity contribution in [1.29, 1.82) is 0 Å². The van der Waals surface area contributed by atoms with Gasteiger partial charge in [-0.15, -0.1) is 0 Å². The molecule has 0 saturated carbocycles. The van der Waals surface area contributed by atoms with Gasteiger partial charge >= 0.3 is 0 Å². The van der Waals surface area contributed by atoms with Crippen LogP contribution in [0.5, 0.6) is 0 Å². The summed E-state index contributed by atoms with van der Waals surface area (Å²) in [4.78, 5) is 53.7. The van der Waals surface area contributed by atoms with Crippen LogP contribution < -0.4 is 16.4 Å². The maximum atomic E-state index is 13.0. The van der Waals surface area contributed by atoms with Crippen LogP contribution in [0.2, 0.25) is 0 Å². The predicted molar refractivity (Wildman–Crippen MR) is 133 cm³/mol. The van der Waals surface area contributed by atoms with E-state index < -0.39 is 23.8 Å². The second kappa shape index (κ2) is 16.6. The summed E-state index contributed by atoms with van der Waals surface area (Å²) in [6.45, 7) is 2.89. The van der Waals surface area contributed by atoms with Crippen molar-refractivity contribution in [2.75, 3.05) is 74.3 Å². The minimum Gasteiger partial charge on any atom is -0.377 e. The largest absolute Gasteiger partial charge is 0.377 e. The molecule has 0 aliphatic carbocycles. The first-order valence-electron chi connectivity index (χ1n) is 11.9. The van der Waals surface area contributed by atoms with Crippen molar-refractivity contribution in [1.82, 2.24) is 20.5 Å². The standard InChI is InChI=1S/C24H40N6O6/c1-29(18-23(33)27-10-12-35-14-15-36-13-11-30(2,3)4)24(34)20(16-19-6-5-9-26-17-19)28-22(32)8-7-21(25)31/h5-6,9,17,20H,7-8,10-16,18H2,1-4H3,(H3-,25,27,28,31,32,33)/p+1. The summed E-state index contributed by atoms with van der Waals surface area (Å²) in [7, 11) is 7.77. The molecule has 0 aromatic carbocycles. The summed E-state index contributed by atoms with van der Waals surface area (Å²) in [6.07, 6.45) is 3.13. The normalized spacial score (nSPS) is 12.0. The minimum atomic E-state index is -0.923. The third-order valence-electron chi connectivity index (χ3n) is 5.00. The number of nitrogens with one attached hydrogen (secondary N) is 2. The summed E-state index contributed by atoms with van der Waals surface area (Å²) >= 11 is 0. The maximum absolute atomic E-state index is 13.0. The van der Waals surface area contributed by atoms with Crippen LogP contribution in [-0.4, -0.2) is 118 Å². The van der Waals surface area contributed by atoms with Crippen LogP contribution in [0.15, 0.2) is 24.5 Å². The van der Waals surface area contributed by atoms with Crippen molar-refractivity contribution in [3.63, 3.8) is 0 Å². The number of nitrogens with two attached hydrogens (primary N) is 1. The lowest BCUT2D eigenvalue weighted by Crippen LogP contribution is -2.50. The number of hydrogen-bond donors (Lipinski definition) is 3. The average molecular weight is 510 g/mol. The first kappa shape index (κ1) is 30.9. The number of aromatic nitrogens is 1. The molecule has 4 N–H and O–H groups in total. The van der Waals surface area contributed by atoms with Gasteiger partial charge in [-0.05, 0) is 11.6 Å². The van der Waals surface area contributed by atoms with E-state index in [1.54, 1.807) is 24.5 Å². The van der Waals surface area contributed by atoms with Crippen molar-refractivity contribution in [3.05, 3.63) is 30.1 Å². The lowest BCUT2D eigenvalue weighted by Gasteiger charge is -2.24. The highest BCUT2D eigenvalue weighted by molar-refractivity contribution is 5.91. The molecule has 0 saturated heterocycles. The average Bonchev–Trinajstić information content (AvgIpc) is 2.80. The van der Waals surface area contributed by atoms with Gasteiger partial charge in [0.2, 0.25) is 23.6 Å². The minimum absolute atomic E-state index is 0.123. The molecule has 12 heteroatoms. The van der Waals surface area contributed by atoms with E-state index in [0.717, 1.165) is 16.6 Å². The maximum Gasteiger partial charge on any atom is 0.245 e. The van der Waals surface area contributed by atoms with E-state index in [-0.39, 0.29) is 31.7 Å². The molecule has 0 bridgehead atoms. The zero-order chi connectivity index (χ0) is 27.0. The fourth-order valence-electron chi connectivity index (χ4n) is 3.00. The summed E-state index contributed by atoms with van der Waals surface area (Å²) in [5, 5.41) is 5.34. The van der Waals surface area contributed by atoms with Crippen molar-refractivity contribution in [2.45, 2.75) is 25.3 Å². The molecule has 36 heavy (non-hydrogen) atoms. The van der Waals surface area contributed by atoms with Crippen molar-refractivity contribution >= 4 is 23.6 Å². The van der Waals surface area contributed by atoms with Gasteiger partial charge in [0, 0.05) is 45.2 Å². The molecule has 1 aromatic rings. The lowest BCUT2D eigenvalue weighted by molar-refractivity contribution is -0.870. The quantitative estimate of drug-likeness (QED) is 0.164. The third kappa shape index (κ3) is 15.0. The fraction of sp³-hybridized carbons (Fsp3) is 0.625. The Labute approximate surface area is 213 Å². The second-order valence-corrected chi connectivity index (χ2v) is 9.43. The molecule has 4 amide bonds. The van der Waals surface area contributed by atoms with E-state index in [4.69, 9.17) is 15.2 Å². The van der Waals surface area contributed by atoms with Crippen molar-refractivity contribution in [3.8, 4) is 0 Å². The number of primary amides is 1. The zero-order valence-corrected chi connectivity index (χ0v) is 21.8. The summed E-state index contributed by atoms with van der Waals surface area (Å²) in [6, 6.07) is 2.58. The van der Waals surface area contributed by atoms with E-state index in [1.165, 1.54) is 11.9 Å². The number of rotatable bonds is 18. The fourth-order valence-corrected chi connectivity index (χ4v) is 3.00. The van der Waals surface area contributed by atoms with Gasteiger partial charge < -0.3 is 35.2 Å². The number of quaternary nitrogens is 1. The zero-order valence-electron chi connectivity index (χ0n) is 21.8. The first-order chi connectivity index (χ1) is 17.0. The van der Waals surface area contributed by atoms with Gasteiger partial charge in [-0.25, -0.2) is 0 Å². The van der Waals surface area contributed by atoms with Crippen LogP contribution in [-0.2, 0) is 35.1 Å². The molecule has 12 nitrogen and oxygen atoms in total. The molecule has 0 spiro atoms. The SMILES string of the molecule is CN(CC(=O)NCCOCCOCC[N+](C)(C)C)C(=O)C(Cc1cccnc1)NC(=O)CCC(N)=O. The number of likely N-dealkylation sites (N-methyl/N-ethyl adjacent to an activating group) is 2. The summed E-state index contributed by atoms with van der Waals surface area (Å²) in [5.41, 5.74) is 5.83. The molecule has 1 heterocycles. The van der Waals surface area contributed by atoms with Gasteiger partial charge in [-0.1, -0.05) is 6.07 Å². The van der Waals surface area contributed by atoms with Gasteiger partial charge in [0.15, 0.2) is 0 Å². The number of carbonyl (C=O) groups excluding carboxylic acids is 4. The van der Waals surface area contributed by atoms with Gasteiger partial charge in [0.25, 0.3) is 0 Å². The van der Waals surface area contributed by atoms with Crippen LogP contribution in [0.4, 0.5) is 0 Å². The van der Waals surface area contributed by atoms with E-state index in [9.17, 15) is 19.2 Å². The van der Waals surface area contributed by atoms with Crippen LogP contribution in [0, 0.1) is 0 Å². The third-order valence-corrected chi connectivity index (χ3v) is 5.00. The van der Waals surface area contributed by atoms with Crippen molar-refractivity contribution in [2.24, 2.45) is 5.73 Å². The van der Waals surface area contributed by atoms with Crippen molar-refractivity contribution < 1.29 is 33.1 Å². The molecule has 0 aliphatic heterocycles. The van der Waals surface area contributed by atoms with E-state index in [0.29, 0.717) is 33.0 Å². The molecule has 202 valence electrons. The van der Waals surface area contributed by atoms with E-state index >= 15 is 0 Å². The highest BCUT2D eigenvalue weighted by Gasteiger charge is 2.25. The Bertz CT molecular complexity index is 830. The number of carbonyl (C=O) groups is 4. The smallest absolute Gasteiger partial charge is 0.245 e.